The van der Waals surface area contributed by atoms with Crippen LogP contribution in [0.4, 0.5) is 5.69 Å². The minimum absolute atomic E-state index is 0.252. The van der Waals surface area contributed by atoms with Crippen LogP contribution < -0.4 is 16.8 Å². The molecule has 1 saturated carbocycles. The van der Waals surface area contributed by atoms with E-state index in [2.05, 4.69) is 34.0 Å². The topological polar surface area (TPSA) is 93.6 Å². The number of ether oxygens (including phenoxy) is 1. The second-order valence-electron chi connectivity index (χ2n) is 8.39. The van der Waals surface area contributed by atoms with Crippen molar-refractivity contribution in [3.8, 4) is 23.8 Å². The van der Waals surface area contributed by atoms with Gasteiger partial charge in [0.1, 0.15) is 6.61 Å². The van der Waals surface area contributed by atoms with E-state index in [1.807, 2.05) is 24.3 Å². The lowest BCUT2D eigenvalue weighted by Gasteiger charge is -2.29. The minimum Gasteiger partial charge on any atom is -0.384 e. The van der Waals surface area contributed by atoms with Gasteiger partial charge >= 0.3 is 0 Å². The number of carbonyl (C=O) groups excluding carboxylic acids is 1. The van der Waals surface area contributed by atoms with Crippen LogP contribution in [0.25, 0.3) is 0 Å². The summed E-state index contributed by atoms with van der Waals surface area (Å²) in [7, 11) is 0. The number of benzene rings is 1. The lowest BCUT2D eigenvalue weighted by Crippen LogP contribution is -2.34. The first kappa shape index (κ1) is 23.0. The summed E-state index contributed by atoms with van der Waals surface area (Å²) >= 11 is 0. The van der Waals surface area contributed by atoms with Crippen molar-refractivity contribution in [3.63, 3.8) is 0 Å². The van der Waals surface area contributed by atoms with Gasteiger partial charge in [-0.05, 0) is 56.7 Å². The van der Waals surface area contributed by atoms with Crippen molar-refractivity contribution in [1.29, 1.82) is 0 Å². The lowest BCUT2D eigenvalue weighted by molar-refractivity contribution is -0.117. The number of piperidine rings is 1. The molecule has 1 saturated heterocycles. The number of anilines is 1. The first-order valence-electron chi connectivity index (χ1n) is 11.3. The summed E-state index contributed by atoms with van der Waals surface area (Å²) in [4.78, 5) is 13.1. The van der Waals surface area contributed by atoms with Crippen LogP contribution in [0.5, 0.6) is 0 Å². The molecule has 0 spiro atoms. The Kier molecular flexibility index (Phi) is 9.09. The zero-order valence-electron chi connectivity index (χ0n) is 18.2. The van der Waals surface area contributed by atoms with Gasteiger partial charge in [0.05, 0.1) is 6.10 Å². The average molecular weight is 423 g/mol. The molecule has 0 bridgehead atoms. The Hall–Kier alpha value is -2.67. The van der Waals surface area contributed by atoms with Crippen molar-refractivity contribution in [2.24, 2.45) is 17.4 Å². The van der Waals surface area contributed by atoms with E-state index in [0.29, 0.717) is 31.5 Å². The Morgan fingerprint density at radius 3 is 2.68 bits per heavy atom. The molecule has 2 fully saturated rings. The summed E-state index contributed by atoms with van der Waals surface area (Å²) in [5.41, 5.74) is 13.0. The molecule has 3 rings (SSSR count). The fraction of sp³-hybridized carbons (Fsp3) is 0.560. The molecular formula is C25H34N4O2. The minimum atomic E-state index is -0.312. The van der Waals surface area contributed by atoms with E-state index >= 15 is 0 Å². The van der Waals surface area contributed by atoms with Crippen molar-refractivity contribution >= 4 is 11.6 Å². The molecule has 0 aromatic heterocycles. The molecule has 166 valence electrons. The van der Waals surface area contributed by atoms with E-state index in [4.69, 9.17) is 16.2 Å². The van der Waals surface area contributed by atoms with Gasteiger partial charge in [-0.25, -0.2) is 0 Å². The second kappa shape index (κ2) is 12.2. The number of nitrogens with zero attached hydrogens (tertiary/aromatic N) is 1. The van der Waals surface area contributed by atoms with Crippen LogP contribution in [0.3, 0.4) is 0 Å². The molecule has 0 unspecified atom stereocenters. The Labute approximate surface area is 186 Å². The van der Waals surface area contributed by atoms with Gasteiger partial charge in [-0.2, -0.15) is 0 Å². The second-order valence-corrected chi connectivity index (χ2v) is 8.39. The summed E-state index contributed by atoms with van der Waals surface area (Å²) in [6, 6.07) is 11.6. The molecule has 31 heavy (non-hydrogen) atoms. The van der Waals surface area contributed by atoms with Crippen LogP contribution in [0.2, 0.25) is 0 Å². The number of rotatable bonds is 6. The average Bonchev–Trinajstić information content (AvgIpc) is 2.77. The number of hydrogen-bond acceptors (Lipinski definition) is 5. The normalized spacial score (nSPS) is 21.4. The predicted molar refractivity (Wildman–Crippen MR) is 124 cm³/mol. The Morgan fingerprint density at radius 1 is 1.16 bits per heavy atom. The molecule has 0 radical (unpaired) electrons. The van der Waals surface area contributed by atoms with E-state index in [0.717, 1.165) is 62.9 Å². The molecule has 1 aromatic rings. The van der Waals surface area contributed by atoms with E-state index in [1.165, 1.54) is 0 Å². The molecule has 1 aliphatic heterocycles. The third-order valence-electron chi connectivity index (χ3n) is 5.83. The fourth-order valence-corrected chi connectivity index (χ4v) is 3.91. The van der Waals surface area contributed by atoms with Crippen LogP contribution in [-0.2, 0) is 9.53 Å². The summed E-state index contributed by atoms with van der Waals surface area (Å²) in [5, 5.41) is 3.17. The zero-order chi connectivity index (χ0) is 21.9. The van der Waals surface area contributed by atoms with Gasteiger partial charge in [0, 0.05) is 55.3 Å². The lowest BCUT2D eigenvalue weighted by atomic mass is 9.87. The van der Waals surface area contributed by atoms with Gasteiger partial charge in [0.15, 0.2) is 0 Å². The quantitative estimate of drug-likeness (QED) is 0.612. The molecule has 1 aromatic carbocycles. The Bertz CT molecular complexity index is 832. The van der Waals surface area contributed by atoms with Crippen LogP contribution in [0, 0.1) is 29.7 Å². The maximum atomic E-state index is 10.8. The van der Waals surface area contributed by atoms with Gasteiger partial charge in [0.2, 0.25) is 5.91 Å². The van der Waals surface area contributed by atoms with Crippen LogP contribution in [-0.4, -0.2) is 49.2 Å². The standard InChI is InChI=1S/C25H34N4O2/c26-22-8-6-20(7-9-22)11-15-29-16-12-24(13-17-29)31-18-2-4-21-3-1-5-23(19-21)28-14-10-25(27)30/h1,3,5,19-20,22,24,28H,6-10,12-14,16-18,26H2,(H2,27,30). The molecule has 0 atom stereocenters. The Balaban J connectivity index is 1.35. The molecule has 5 N–H and O–H groups in total. The summed E-state index contributed by atoms with van der Waals surface area (Å²) in [6.45, 7) is 2.86. The fourth-order valence-electron chi connectivity index (χ4n) is 3.91. The highest BCUT2D eigenvalue weighted by Crippen LogP contribution is 2.22. The number of primary amides is 1. The third kappa shape index (κ3) is 8.53. The molecule has 2 aliphatic rings. The zero-order valence-corrected chi connectivity index (χ0v) is 18.2. The van der Waals surface area contributed by atoms with Crippen molar-refractivity contribution < 1.29 is 9.53 Å². The predicted octanol–water partition coefficient (Wildman–Crippen LogP) is 2.28. The van der Waals surface area contributed by atoms with Gasteiger partial charge in [-0.15, -0.1) is 0 Å². The van der Waals surface area contributed by atoms with Crippen molar-refractivity contribution in [2.75, 3.05) is 31.6 Å². The monoisotopic (exact) mass is 422 g/mol. The van der Waals surface area contributed by atoms with E-state index in [-0.39, 0.29) is 12.0 Å². The van der Waals surface area contributed by atoms with Crippen LogP contribution in [0.1, 0.15) is 50.5 Å². The smallest absolute Gasteiger partial charge is 0.219 e. The summed E-state index contributed by atoms with van der Waals surface area (Å²) < 4.78 is 5.95. The van der Waals surface area contributed by atoms with Gasteiger partial charge in [0.25, 0.3) is 0 Å². The molecule has 1 amide bonds. The van der Waals surface area contributed by atoms with E-state index < -0.39 is 0 Å². The van der Waals surface area contributed by atoms with Crippen LogP contribution in [0.15, 0.2) is 24.3 Å². The highest BCUT2D eigenvalue weighted by Gasteiger charge is 2.19. The largest absolute Gasteiger partial charge is 0.384 e. The number of amides is 1. The van der Waals surface area contributed by atoms with Crippen molar-refractivity contribution in [2.45, 2.75) is 57.1 Å². The molecule has 6 heteroatoms. The first-order chi connectivity index (χ1) is 15.1. The molecule has 1 aliphatic carbocycles. The van der Waals surface area contributed by atoms with Gasteiger partial charge in [-0.1, -0.05) is 23.8 Å². The summed E-state index contributed by atoms with van der Waals surface area (Å²) in [5.74, 6) is 9.90. The number of nitrogens with one attached hydrogen (secondary N) is 1. The van der Waals surface area contributed by atoms with E-state index in [1.54, 1.807) is 0 Å². The SMILES string of the molecule is NC(=O)CCNc1cccc(C#CCOC2CCN(C#CC3CCC(N)CC3)CC2)c1. The summed E-state index contributed by atoms with van der Waals surface area (Å²) in [6.07, 6.45) is 7.03. The van der Waals surface area contributed by atoms with Crippen LogP contribution >= 0.6 is 0 Å². The van der Waals surface area contributed by atoms with Crippen molar-refractivity contribution in [3.05, 3.63) is 29.8 Å². The van der Waals surface area contributed by atoms with Crippen molar-refractivity contribution in [1.82, 2.24) is 4.90 Å². The first-order valence-corrected chi connectivity index (χ1v) is 11.3. The van der Waals surface area contributed by atoms with Gasteiger partial charge < -0.3 is 26.4 Å². The van der Waals surface area contributed by atoms with Gasteiger partial charge in [-0.3, -0.25) is 4.79 Å². The van der Waals surface area contributed by atoms with E-state index in [9.17, 15) is 4.79 Å². The highest BCUT2D eigenvalue weighted by atomic mass is 16.5. The maximum absolute atomic E-state index is 10.8. The molecule has 1 heterocycles. The maximum Gasteiger partial charge on any atom is 0.219 e. The molecular weight excluding hydrogens is 388 g/mol. The molecule has 6 nitrogen and oxygen atoms in total. The number of hydrogen-bond donors (Lipinski definition) is 3. The Morgan fingerprint density at radius 2 is 1.94 bits per heavy atom. The highest BCUT2D eigenvalue weighted by molar-refractivity contribution is 5.74. The number of nitrogens with two attached hydrogens (primary N) is 2. The number of likely N-dealkylation sites (tertiary alicyclic amines) is 1. The third-order valence-corrected chi connectivity index (χ3v) is 5.83. The number of carbonyl (C=O) groups is 1.